The maximum atomic E-state index is 11.9. The van der Waals surface area contributed by atoms with Crippen LogP contribution in [-0.4, -0.2) is 22.4 Å². The molecule has 3 N–H and O–H groups in total. The summed E-state index contributed by atoms with van der Waals surface area (Å²) in [6, 6.07) is 10.5. The van der Waals surface area contributed by atoms with Crippen LogP contribution in [0.25, 0.3) is 22.2 Å². The van der Waals surface area contributed by atoms with Crippen LogP contribution >= 0.6 is 0 Å². The van der Waals surface area contributed by atoms with Gasteiger partial charge in [0.15, 0.2) is 0 Å². The minimum absolute atomic E-state index is 0.0831. The van der Waals surface area contributed by atoms with E-state index in [0.29, 0.717) is 5.82 Å². The van der Waals surface area contributed by atoms with Crippen LogP contribution in [-0.2, 0) is 11.2 Å². The molecule has 5 nitrogen and oxygen atoms in total. The SMILES string of the molecule is O=C(Nc1ccc2c(-c3ccc4c(c3)CCN4)c[nH]c2n1)C1CC1. The Hall–Kier alpha value is -2.82. The molecule has 1 aliphatic heterocycles. The number of carbonyl (C=O) groups excluding carboxylic acids is 1. The van der Waals surface area contributed by atoms with Crippen LogP contribution in [0.1, 0.15) is 18.4 Å². The summed E-state index contributed by atoms with van der Waals surface area (Å²) in [6.07, 6.45) is 5.05. The van der Waals surface area contributed by atoms with Crippen molar-refractivity contribution in [3.05, 3.63) is 42.1 Å². The van der Waals surface area contributed by atoms with Crippen LogP contribution in [0.2, 0.25) is 0 Å². The molecule has 120 valence electrons. The van der Waals surface area contributed by atoms with Gasteiger partial charge >= 0.3 is 0 Å². The molecular weight excluding hydrogens is 300 g/mol. The lowest BCUT2D eigenvalue weighted by molar-refractivity contribution is -0.117. The highest BCUT2D eigenvalue weighted by atomic mass is 16.2. The molecule has 1 fully saturated rings. The molecule has 2 aliphatic rings. The molecule has 0 unspecified atom stereocenters. The molecule has 0 saturated heterocycles. The lowest BCUT2D eigenvalue weighted by atomic mass is 10.0. The molecule has 2 aromatic heterocycles. The molecule has 3 aromatic rings. The van der Waals surface area contributed by atoms with Crippen molar-refractivity contribution in [2.45, 2.75) is 19.3 Å². The standard InChI is InChI=1S/C19H18N4O/c24-19(11-1-2-11)23-17-6-4-14-15(10-21-18(14)22-17)12-3-5-16-13(9-12)7-8-20-16/h3-6,9-11,20H,1-2,7-8H2,(H2,21,22,23,24). The highest BCUT2D eigenvalue weighted by Gasteiger charge is 2.29. The van der Waals surface area contributed by atoms with Gasteiger partial charge in [0, 0.05) is 35.3 Å². The number of anilines is 2. The van der Waals surface area contributed by atoms with Crippen molar-refractivity contribution < 1.29 is 4.79 Å². The smallest absolute Gasteiger partial charge is 0.228 e. The molecule has 0 spiro atoms. The maximum Gasteiger partial charge on any atom is 0.228 e. The Bertz CT molecular complexity index is 955. The fourth-order valence-corrected chi connectivity index (χ4v) is 3.36. The fraction of sp³-hybridized carbons (Fsp3) is 0.263. The Morgan fingerprint density at radius 2 is 2.12 bits per heavy atom. The summed E-state index contributed by atoms with van der Waals surface area (Å²) in [7, 11) is 0. The van der Waals surface area contributed by atoms with Crippen LogP contribution in [0.3, 0.4) is 0 Å². The third-order valence-corrected chi connectivity index (χ3v) is 4.86. The van der Waals surface area contributed by atoms with Gasteiger partial charge in [-0.05, 0) is 54.7 Å². The molecule has 0 bridgehead atoms. The first-order valence-electron chi connectivity index (χ1n) is 8.44. The van der Waals surface area contributed by atoms with E-state index in [4.69, 9.17) is 0 Å². The van der Waals surface area contributed by atoms with E-state index in [1.54, 1.807) is 0 Å². The van der Waals surface area contributed by atoms with Gasteiger partial charge in [-0.25, -0.2) is 4.98 Å². The first-order chi connectivity index (χ1) is 11.8. The van der Waals surface area contributed by atoms with Crippen molar-refractivity contribution in [2.24, 2.45) is 5.92 Å². The zero-order valence-electron chi connectivity index (χ0n) is 13.2. The molecule has 5 rings (SSSR count). The highest BCUT2D eigenvalue weighted by molar-refractivity contribution is 5.97. The zero-order valence-corrected chi connectivity index (χ0v) is 13.2. The van der Waals surface area contributed by atoms with Gasteiger partial charge in [0.2, 0.25) is 5.91 Å². The summed E-state index contributed by atoms with van der Waals surface area (Å²) in [5, 5.41) is 7.36. The quantitative estimate of drug-likeness (QED) is 0.692. The normalized spacial score (nSPS) is 16.0. The first kappa shape index (κ1) is 13.6. The average Bonchev–Trinajstić information content (AvgIpc) is 3.20. The summed E-state index contributed by atoms with van der Waals surface area (Å²) in [4.78, 5) is 19.7. The van der Waals surface area contributed by atoms with E-state index in [1.807, 2.05) is 18.3 Å². The number of carbonyl (C=O) groups is 1. The second kappa shape index (κ2) is 5.09. The largest absolute Gasteiger partial charge is 0.384 e. The zero-order chi connectivity index (χ0) is 16.1. The second-order valence-electron chi connectivity index (χ2n) is 6.61. The van der Waals surface area contributed by atoms with Gasteiger partial charge in [-0.2, -0.15) is 0 Å². The molecule has 1 saturated carbocycles. The number of pyridine rings is 1. The van der Waals surface area contributed by atoms with E-state index in [1.165, 1.54) is 16.8 Å². The summed E-state index contributed by atoms with van der Waals surface area (Å²) in [5.41, 5.74) is 5.75. The van der Waals surface area contributed by atoms with Gasteiger partial charge in [-0.3, -0.25) is 4.79 Å². The van der Waals surface area contributed by atoms with Gasteiger partial charge in [0.05, 0.1) is 0 Å². The number of nitrogens with one attached hydrogen (secondary N) is 3. The number of benzene rings is 1. The Kier molecular flexibility index (Phi) is 2.89. The Labute approximate surface area is 139 Å². The summed E-state index contributed by atoms with van der Waals surface area (Å²) >= 11 is 0. The third-order valence-electron chi connectivity index (χ3n) is 4.86. The molecule has 3 heterocycles. The number of fused-ring (bicyclic) bond motifs is 2. The number of amides is 1. The number of H-pyrrole nitrogens is 1. The van der Waals surface area contributed by atoms with Crippen molar-refractivity contribution in [3.63, 3.8) is 0 Å². The van der Waals surface area contributed by atoms with Crippen molar-refractivity contribution in [1.82, 2.24) is 9.97 Å². The van der Waals surface area contributed by atoms with Gasteiger partial charge in [-0.1, -0.05) is 6.07 Å². The average molecular weight is 318 g/mol. The van der Waals surface area contributed by atoms with Gasteiger partial charge in [-0.15, -0.1) is 0 Å². The predicted molar refractivity (Wildman–Crippen MR) is 95.1 cm³/mol. The first-order valence-corrected chi connectivity index (χ1v) is 8.44. The molecule has 5 heteroatoms. The van der Waals surface area contributed by atoms with Gasteiger partial charge in [0.25, 0.3) is 0 Å². The van der Waals surface area contributed by atoms with E-state index in [2.05, 4.69) is 38.8 Å². The van der Waals surface area contributed by atoms with Crippen molar-refractivity contribution in [3.8, 4) is 11.1 Å². The van der Waals surface area contributed by atoms with Gasteiger partial charge in [0.1, 0.15) is 11.5 Å². The number of nitrogens with zero attached hydrogens (tertiary/aromatic N) is 1. The van der Waals surface area contributed by atoms with E-state index in [0.717, 1.165) is 42.4 Å². The molecule has 0 radical (unpaired) electrons. The fourth-order valence-electron chi connectivity index (χ4n) is 3.36. The van der Waals surface area contributed by atoms with Crippen LogP contribution < -0.4 is 10.6 Å². The Morgan fingerprint density at radius 3 is 3.00 bits per heavy atom. The second-order valence-corrected chi connectivity index (χ2v) is 6.61. The van der Waals surface area contributed by atoms with Crippen molar-refractivity contribution >= 4 is 28.4 Å². The number of hydrogen-bond acceptors (Lipinski definition) is 3. The van der Waals surface area contributed by atoms with Gasteiger partial charge < -0.3 is 15.6 Å². The number of rotatable bonds is 3. The molecule has 24 heavy (non-hydrogen) atoms. The lowest BCUT2D eigenvalue weighted by Crippen LogP contribution is -2.14. The van der Waals surface area contributed by atoms with E-state index in [-0.39, 0.29) is 11.8 Å². The van der Waals surface area contributed by atoms with Crippen molar-refractivity contribution in [1.29, 1.82) is 0 Å². The molecular formula is C19H18N4O. The molecule has 0 atom stereocenters. The van der Waals surface area contributed by atoms with Crippen LogP contribution in [0.4, 0.5) is 11.5 Å². The minimum Gasteiger partial charge on any atom is -0.384 e. The van der Waals surface area contributed by atoms with E-state index < -0.39 is 0 Å². The Balaban J connectivity index is 1.50. The molecule has 1 aliphatic carbocycles. The number of aromatic nitrogens is 2. The number of hydrogen-bond donors (Lipinski definition) is 3. The maximum absolute atomic E-state index is 11.9. The lowest BCUT2D eigenvalue weighted by Gasteiger charge is -2.05. The molecule has 1 amide bonds. The predicted octanol–water partition coefficient (Wildman–Crippen LogP) is 3.55. The third kappa shape index (κ3) is 2.24. The number of aromatic amines is 1. The van der Waals surface area contributed by atoms with E-state index >= 15 is 0 Å². The summed E-state index contributed by atoms with van der Waals surface area (Å²) < 4.78 is 0. The van der Waals surface area contributed by atoms with Crippen LogP contribution in [0.5, 0.6) is 0 Å². The Morgan fingerprint density at radius 1 is 1.21 bits per heavy atom. The van der Waals surface area contributed by atoms with Crippen LogP contribution in [0, 0.1) is 5.92 Å². The monoisotopic (exact) mass is 318 g/mol. The van der Waals surface area contributed by atoms with E-state index in [9.17, 15) is 4.79 Å². The highest BCUT2D eigenvalue weighted by Crippen LogP contribution is 2.33. The molecule has 1 aromatic carbocycles. The van der Waals surface area contributed by atoms with Crippen LogP contribution in [0.15, 0.2) is 36.5 Å². The summed E-state index contributed by atoms with van der Waals surface area (Å²) in [5.74, 6) is 0.882. The summed E-state index contributed by atoms with van der Waals surface area (Å²) in [6.45, 7) is 1.01. The van der Waals surface area contributed by atoms with Crippen molar-refractivity contribution in [2.75, 3.05) is 17.2 Å². The topological polar surface area (TPSA) is 69.8 Å². The minimum atomic E-state index is 0.0831.